The van der Waals surface area contributed by atoms with Crippen LogP contribution in [0.15, 0.2) is 29.4 Å². The molecule has 1 atom stereocenters. The first-order chi connectivity index (χ1) is 9.47. The zero-order valence-electron chi connectivity index (χ0n) is 12.0. The average molecular weight is 279 g/mol. The van der Waals surface area contributed by atoms with Crippen LogP contribution in [-0.2, 0) is 11.2 Å². The van der Waals surface area contributed by atoms with E-state index in [0.29, 0.717) is 6.54 Å². The first-order valence-corrected chi connectivity index (χ1v) is 6.32. The Morgan fingerprint density at radius 2 is 2.25 bits per heavy atom. The number of hydrogen-bond donors (Lipinski definition) is 2. The molecule has 0 bridgehead atoms. The molecule has 0 aliphatic heterocycles. The van der Waals surface area contributed by atoms with Crippen LogP contribution in [0.1, 0.15) is 12.5 Å². The molecule has 3 N–H and O–H groups in total. The number of benzene rings is 1. The van der Waals surface area contributed by atoms with E-state index < -0.39 is 0 Å². The molecule has 20 heavy (non-hydrogen) atoms. The number of carbonyl (C=O) groups excluding carboxylic acids is 1. The largest absolute Gasteiger partial charge is 0.497 e. The SMILES string of the molecule is COc1cccc(CC(=O)N(C)CC(C)C(N)=NO)c1. The summed E-state index contributed by atoms with van der Waals surface area (Å²) in [5.41, 5.74) is 6.39. The lowest BCUT2D eigenvalue weighted by Gasteiger charge is -2.21. The third-order valence-corrected chi connectivity index (χ3v) is 3.08. The van der Waals surface area contributed by atoms with Gasteiger partial charge in [0, 0.05) is 19.5 Å². The molecule has 1 unspecified atom stereocenters. The highest BCUT2D eigenvalue weighted by Gasteiger charge is 2.15. The molecule has 1 amide bonds. The second-order valence-electron chi connectivity index (χ2n) is 4.73. The summed E-state index contributed by atoms with van der Waals surface area (Å²) in [5.74, 6) is 0.615. The first kappa shape index (κ1) is 15.8. The number of amidine groups is 1. The molecule has 0 aromatic heterocycles. The lowest BCUT2D eigenvalue weighted by atomic mass is 10.1. The second-order valence-corrected chi connectivity index (χ2v) is 4.73. The third kappa shape index (κ3) is 4.46. The van der Waals surface area contributed by atoms with Crippen LogP contribution in [0.2, 0.25) is 0 Å². The van der Waals surface area contributed by atoms with Gasteiger partial charge in [-0.05, 0) is 17.7 Å². The molecule has 0 aliphatic rings. The summed E-state index contributed by atoms with van der Waals surface area (Å²) in [4.78, 5) is 13.7. The number of hydrogen-bond acceptors (Lipinski definition) is 4. The van der Waals surface area contributed by atoms with Gasteiger partial charge >= 0.3 is 0 Å². The summed E-state index contributed by atoms with van der Waals surface area (Å²) in [5, 5.41) is 11.5. The quantitative estimate of drug-likeness (QED) is 0.353. The number of methoxy groups -OCH3 is 1. The molecule has 1 rings (SSSR count). The first-order valence-electron chi connectivity index (χ1n) is 6.32. The van der Waals surface area contributed by atoms with E-state index in [0.717, 1.165) is 11.3 Å². The number of oxime groups is 1. The van der Waals surface area contributed by atoms with E-state index in [-0.39, 0.29) is 24.1 Å². The number of ether oxygens (including phenoxy) is 1. The van der Waals surface area contributed by atoms with Gasteiger partial charge in [-0.1, -0.05) is 24.2 Å². The molecule has 0 radical (unpaired) electrons. The van der Waals surface area contributed by atoms with E-state index in [1.807, 2.05) is 24.3 Å². The number of amides is 1. The van der Waals surface area contributed by atoms with Gasteiger partial charge in [-0.15, -0.1) is 0 Å². The van der Waals surface area contributed by atoms with Gasteiger partial charge in [-0.25, -0.2) is 0 Å². The number of nitrogens with zero attached hydrogens (tertiary/aromatic N) is 2. The average Bonchev–Trinajstić information content (AvgIpc) is 2.46. The van der Waals surface area contributed by atoms with Crippen molar-refractivity contribution in [3.05, 3.63) is 29.8 Å². The van der Waals surface area contributed by atoms with Crippen LogP contribution in [0.3, 0.4) is 0 Å². The van der Waals surface area contributed by atoms with Crippen molar-refractivity contribution in [2.24, 2.45) is 16.8 Å². The highest BCUT2D eigenvalue weighted by Crippen LogP contribution is 2.13. The number of carbonyl (C=O) groups is 1. The summed E-state index contributed by atoms with van der Waals surface area (Å²) in [6, 6.07) is 7.39. The molecular formula is C14H21N3O3. The van der Waals surface area contributed by atoms with Crippen LogP contribution >= 0.6 is 0 Å². The Morgan fingerprint density at radius 3 is 2.85 bits per heavy atom. The van der Waals surface area contributed by atoms with Gasteiger partial charge in [0.1, 0.15) is 11.6 Å². The van der Waals surface area contributed by atoms with Gasteiger partial charge in [0.2, 0.25) is 5.91 Å². The van der Waals surface area contributed by atoms with Gasteiger partial charge in [0.25, 0.3) is 0 Å². The van der Waals surface area contributed by atoms with Crippen molar-refractivity contribution in [1.29, 1.82) is 0 Å². The van der Waals surface area contributed by atoms with Crippen molar-refractivity contribution >= 4 is 11.7 Å². The van der Waals surface area contributed by atoms with Gasteiger partial charge < -0.3 is 20.6 Å². The maximum absolute atomic E-state index is 12.1. The van der Waals surface area contributed by atoms with Crippen LogP contribution in [0.25, 0.3) is 0 Å². The van der Waals surface area contributed by atoms with Crippen LogP contribution < -0.4 is 10.5 Å². The lowest BCUT2D eigenvalue weighted by Crippen LogP contribution is -2.37. The predicted octanol–water partition coefficient (Wildman–Crippen LogP) is 1.08. The molecule has 0 saturated heterocycles. The Kier molecular flexibility index (Phi) is 5.83. The minimum absolute atomic E-state index is 0.0316. The molecule has 0 aliphatic carbocycles. The zero-order valence-corrected chi connectivity index (χ0v) is 12.0. The van der Waals surface area contributed by atoms with Gasteiger partial charge in [-0.2, -0.15) is 0 Å². The Bertz CT molecular complexity index is 488. The van der Waals surface area contributed by atoms with E-state index in [9.17, 15) is 4.79 Å². The van der Waals surface area contributed by atoms with E-state index in [1.165, 1.54) is 0 Å². The standard InChI is InChI=1S/C14H21N3O3/c1-10(14(15)16-19)9-17(2)13(18)8-11-5-4-6-12(7-11)20-3/h4-7,10,19H,8-9H2,1-3H3,(H2,15,16). The maximum Gasteiger partial charge on any atom is 0.226 e. The third-order valence-electron chi connectivity index (χ3n) is 3.08. The molecule has 0 heterocycles. The van der Waals surface area contributed by atoms with Crippen LogP contribution in [0, 0.1) is 5.92 Å². The van der Waals surface area contributed by atoms with Crippen LogP contribution in [0.5, 0.6) is 5.75 Å². The van der Waals surface area contributed by atoms with Crippen molar-refractivity contribution in [1.82, 2.24) is 4.90 Å². The molecule has 6 nitrogen and oxygen atoms in total. The lowest BCUT2D eigenvalue weighted by molar-refractivity contribution is -0.129. The predicted molar refractivity (Wildman–Crippen MR) is 76.9 cm³/mol. The molecule has 0 fully saturated rings. The monoisotopic (exact) mass is 279 g/mol. The van der Waals surface area contributed by atoms with E-state index >= 15 is 0 Å². The fraction of sp³-hybridized carbons (Fsp3) is 0.429. The fourth-order valence-electron chi connectivity index (χ4n) is 1.80. The topological polar surface area (TPSA) is 88.2 Å². The molecular weight excluding hydrogens is 258 g/mol. The normalized spacial score (nSPS) is 12.8. The summed E-state index contributed by atoms with van der Waals surface area (Å²) in [7, 11) is 3.29. The number of nitrogens with two attached hydrogens (primary N) is 1. The second kappa shape index (κ2) is 7.37. The van der Waals surface area contributed by atoms with Gasteiger partial charge in [0.05, 0.1) is 13.5 Å². The highest BCUT2D eigenvalue weighted by atomic mass is 16.5. The fourth-order valence-corrected chi connectivity index (χ4v) is 1.80. The molecule has 0 spiro atoms. The summed E-state index contributed by atoms with van der Waals surface area (Å²) < 4.78 is 5.12. The molecule has 0 saturated carbocycles. The van der Waals surface area contributed by atoms with Gasteiger partial charge in [-0.3, -0.25) is 4.79 Å². The summed E-state index contributed by atoms with van der Waals surface area (Å²) in [6.07, 6.45) is 0.288. The Balaban J connectivity index is 2.61. The van der Waals surface area contributed by atoms with E-state index in [2.05, 4.69) is 5.16 Å². The Morgan fingerprint density at radius 1 is 1.55 bits per heavy atom. The molecule has 6 heteroatoms. The van der Waals surface area contributed by atoms with Crippen LogP contribution in [0.4, 0.5) is 0 Å². The summed E-state index contributed by atoms with van der Waals surface area (Å²) in [6.45, 7) is 2.20. The maximum atomic E-state index is 12.1. The number of likely N-dealkylation sites (N-methyl/N-ethyl adjacent to an activating group) is 1. The van der Waals surface area contributed by atoms with Crippen LogP contribution in [-0.4, -0.2) is 42.6 Å². The van der Waals surface area contributed by atoms with Crippen molar-refractivity contribution in [3.63, 3.8) is 0 Å². The minimum Gasteiger partial charge on any atom is -0.497 e. The van der Waals surface area contributed by atoms with Crippen molar-refractivity contribution in [2.45, 2.75) is 13.3 Å². The zero-order chi connectivity index (χ0) is 15.1. The number of rotatable bonds is 6. The van der Waals surface area contributed by atoms with Gasteiger partial charge in [0.15, 0.2) is 0 Å². The molecule has 1 aromatic carbocycles. The Hall–Kier alpha value is -2.24. The smallest absolute Gasteiger partial charge is 0.226 e. The molecule has 1 aromatic rings. The summed E-state index contributed by atoms with van der Waals surface area (Å²) >= 11 is 0. The minimum atomic E-state index is -0.195. The highest BCUT2D eigenvalue weighted by molar-refractivity contribution is 5.83. The Labute approximate surface area is 118 Å². The van der Waals surface area contributed by atoms with Crippen molar-refractivity contribution in [2.75, 3.05) is 20.7 Å². The van der Waals surface area contributed by atoms with E-state index in [1.54, 1.807) is 26.0 Å². The van der Waals surface area contributed by atoms with Crippen molar-refractivity contribution in [3.8, 4) is 5.75 Å². The van der Waals surface area contributed by atoms with Crippen molar-refractivity contribution < 1.29 is 14.7 Å². The molecule has 110 valence electrons. The van der Waals surface area contributed by atoms with E-state index in [4.69, 9.17) is 15.7 Å².